The molecule has 4 nitrogen and oxygen atoms in total. The van der Waals surface area contributed by atoms with Gasteiger partial charge in [0.1, 0.15) is 0 Å². The molecular formula is C20H21NO3. The Hall–Kier alpha value is -2.62. The summed E-state index contributed by atoms with van der Waals surface area (Å²) in [5.74, 6) is -1.83. The molecule has 1 saturated heterocycles. The number of carboxylic acid groups (broad SMARTS) is 1. The van der Waals surface area contributed by atoms with Crippen molar-refractivity contribution in [2.45, 2.75) is 25.3 Å². The fourth-order valence-corrected chi connectivity index (χ4v) is 3.80. The van der Waals surface area contributed by atoms with E-state index in [2.05, 4.69) is 0 Å². The summed E-state index contributed by atoms with van der Waals surface area (Å²) in [6.45, 7) is 2.52. The first-order valence-corrected chi connectivity index (χ1v) is 8.25. The standard InChI is InChI=1S/C20H21NO3/c1-2-21-17(22)13-16(19(21)15-11-7-4-8-12-15)18(20(23)24)14-9-5-3-6-10-14/h3-12,16,18-19H,2,13H2,1H3,(H,23,24). The van der Waals surface area contributed by atoms with Crippen molar-refractivity contribution in [1.82, 2.24) is 4.90 Å². The molecule has 1 aliphatic rings. The zero-order valence-electron chi connectivity index (χ0n) is 13.6. The fraction of sp³-hybridized carbons (Fsp3) is 0.300. The molecule has 0 radical (unpaired) electrons. The first kappa shape index (κ1) is 16.2. The van der Waals surface area contributed by atoms with Crippen LogP contribution in [0.2, 0.25) is 0 Å². The fourth-order valence-electron chi connectivity index (χ4n) is 3.80. The number of rotatable bonds is 5. The lowest BCUT2D eigenvalue weighted by Crippen LogP contribution is -2.31. The van der Waals surface area contributed by atoms with Crippen molar-refractivity contribution in [2.75, 3.05) is 6.54 Å². The van der Waals surface area contributed by atoms with Crippen LogP contribution in [0.5, 0.6) is 0 Å². The van der Waals surface area contributed by atoms with Gasteiger partial charge in [-0.2, -0.15) is 0 Å². The third-order valence-corrected chi connectivity index (χ3v) is 4.81. The molecule has 4 heteroatoms. The molecule has 3 unspecified atom stereocenters. The van der Waals surface area contributed by atoms with E-state index in [1.54, 1.807) is 4.90 Å². The van der Waals surface area contributed by atoms with Gasteiger partial charge in [-0.05, 0) is 18.1 Å². The van der Waals surface area contributed by atoms with Crippen molar-refractivity contribution < 1.29 is 14.7 Å². The van der Waals surface area contributed by atoms with Crippen LogP contribution in [-0.2, 0) is 9.59 Å². The maximum atomic E-state index is 12.5. The number of nitrogens with zero attached hydrogens (tertiary/aromatic N) is 1. The Balaban J connectivity index is 2.06. The average molecular weight is 323 g/mol. The molecule has 24 heavy (non-hydrogen) atoms. The highest BCUT2D eigenvalue weighted by Crippen LogP contribution is 2.45. The maximum absolute atomic E-state index is 12.5. The molecule has 1 fully saturated rings. The SMILES string of the molecule is CCN1C(=O)CC(C(C(=O)O)c2ccccc2)C1c1ccccc1. The first-order valence-electron chi connectivity index (χ1n) is 8.25. The molecule has 0 spiro atoms. The Morgan fingerprint density at radius 1 is 1.12 bits per heavy atom. The number of carbonyl (C=O) groups is 2. The van der Waals surface area contributed by atoms with E-state index in [1.807, 2.05) is 67.6 Å². The summed E-state index contributed by atoms with van der Waals surface area (Å²) in [4.78, 5) is 26.3. The third kappa shape index (κ3) is 2.92. The van der Waals surface area contributed by atoms with Crippen LogP contribution >= 0.6 is 0 Å². The van der Waals surface area contributed by atoms with Crippen LogP contribution in [0.15, 0.2) is 60.7 Å². The summed E-state index contributed by atoms with van der Waals surface area (Å²) in [6, 6.07) is 18.8. The van der Waals surface area contributed by atoms with Gasteiger partial charge in [-0.1, -0.05) is 60.7 Å². The van der Waals surface area contributed by atoms with Crippen LogP contribution in [0.1, 0.15) is 36.4 Å². The normalized spacial score (nSPS) is 21.7. The summed E-state index contributed by atoms with van der Waals surface area (Å²) in [5.41, 5.74) is 1.75. The van der Waals surface area contributed by atoms with Crippen molar-refractivity contribution in [2.24, 2.45) is 5.92 Å². The minimum atomic E-state index is -0.877. The molecule has 0 aliphatic carbocycles. The number of hydrogen-bond donors (Lipinski definition) is 1. The van der Waals surface area contributed by atoms with Gasteiger partial charge in [0.25, 0.3) is 0 Å². The summed E-state index contributed by atoms with van der Waals surface area (Å²) >= 11 is 0. The van der Waals surface area contributed by atoms with Gasteiger partial charge in [0.15, 0.2) is 0 Å². The lowest BCUT2D eigenvalue weighted by atomic mass is 9.79. The zero-order chi connectivity index (χ0) is 17.1. The number of carbonyl (C=O) groups excluding carboxylic acids is 1. The van der Waals surface area contributed by atoms with E-state index in [1.165, 1.54) is 0 Å². The maximum Gasteiger partial charge on any atom is 0.311 e. The van der Waals surface area contributed by atoms with E-state index in [4.69, 9.17) is 0 Å². The number of likely N-dealkylation sites (tertiary alicyclic amines) is 1. The third-order valence-electron chi connectivity index (χ3n) is 4.81. The molecule has 0 bridgehead atoms. The van der Waals surface area contributed by atoms with Gasteiger partial charge in [-0.3, -0.25) is 9.59 Å². The van der Waals surface area contributed by atoms with Crippen molar-refractivity contribution in [1.29, 1.82) is 0 Å². The van der Waals surface area contributed by atoms with Crippen LogP contribution in [0.4, 0.5) is 0 Å². The van der Waals surface area contributed by atoms with Crippen molar-refractivity contribution in [3.05, 3.63) is 71.8 Å². The van der Waals surface area contributed by atoms with Crippen molar-refractivity contribution in [3.8, 4) is 0 Å². The Morgan fingerprint density at radius 3 is 2.25 bits per heavy atom. The summed E-state index contributed by atoms with van der Waals surface area (Å²) in [7, 11) is 0. The van der Waals surface area contributed by atoms with Crippen LogP contribution in [0, 0.1) is 5.92 Å². The van der Waals surface area contributed by atoms with Crippen molar-refractivity contribution in [3.63, 3.8) is 0 Å². The molecular weight excluding hydrogens is 302 g/mol. The lowest BCUT2D eigenvalue weighted by molar-refractivity contribution is -0.140. The zero-order valence-corrected chi connectivity index (χ0v) is 13.6. The summed E-state index contributed by atoms with van der Waals surface area (Å²) in [6.07, 6.45) is 0.263. The molecule has 2 aromatic rings. The number of benzene rings is 2. The van der Waals surface area contributed by atoms with Crippen molar-refractivity contribution >= 4 is 11.9 Å². The van der Waals surface area contributed by atoms with Crippen LogP contribution in [0.3, 0.4) is 0 Å². The first-order chi connectivity index (χ1) is 11.6. The van der Waals surface area contributed by atoms with Gasteiger partial charge in [-0.15, -0.1) is 0 Å². The molecule has 0 saturated carbocycles. The van der Waals surface area contributed by atoms with Gasteiger partial charge in [-0.25, -0.2) is 0 Å². The van der Waals surface area contributed by atoms with E-state index in [0.717, 1.165) is 11.1 Å². The monoisotopic (exact) mass is 323 g/mol. The van der Waals surface area contributed by atoms with E-state index >= 15 is 0 Å². The van der Waals surface area contributed by atoms with Crippen LogP contribution < -0.4 is 0 Å². The van der Waals surface area contributed by atoms with E-state index in [0.29, 0.717) is 6.54 Å². The van der Waals surface area contributed by atoms with Gasteiger partial charge >= 0.3 is 5.97 Å². The number of amides is 1. The second-order valence-electron chi connectivity index (χ2n) is 6.13. The Bertz CT molecular complexity index is 714. The highest BCUT2D eigenvalue weighted by atomic mass is 16.4. The molecule has 0 aromatic heterocycles. The predicted molar refractivity (Wildman–Crippen MR) is 91.5 cm³/mol. The second-order valence-corrected chi connectivity index (χ2v) is 6.13. The number of aliphatic carboxylic acids is 1. The van der Waals surface area contributed by atoms with E-state index in [-0.39, 0.29) is 24.3 Å². The largest absolute Gasteiger partial charge is 0.481 e. The Morgan fingerprint density at radius 2 is 1.71 bits per heavy atom. The van der Waals surface area contributed by atoms with E-state index in [9.17, 15) is 14.7 Å². The molecule has 1 N–H and O–H groups in total. The molecule has 3 atom stereocenters. The molecule has 1 amide bonds. The summed E-state index contributed by atoms with van der Waals surface area (Å²) < 4.78 is 0. The van der Waals surface area contributed by atoms with Gasteiger partial charge in [0.2, 0.25) is 5.91 Å². The molecule has 2 aromatic carbocycles. The van der Waals surface area contributed by atoms with Gasteiger partial charge in [0.05, 0.1) is 12.0 Å². The Kier molecular flexibility index (Phi) is 4.65. The minimum absolute atomic E-state index is 0.0264. The molecule has 3 rings (SSSR count). The van der Waals surface area contributed by atoms with E-state index < -0.39 is 11.9 Å². The molecule has 1 heterocycles. The lowest BCUT2D eigenvalue weighted by Gasteiger charge is -2.31. The Labute approximate surface area is 141 Å². The highest BCUT2D eigenvalue weighted by Gasteiger charge is 2.46. The number of carboxylic acids is 1. The van der Waals surface area contributed by atoms with Gasteiger partial charge in [0, 0.05) is 18.9 Å². The second kappa shape index (κ2) is 6.87. The summed E-state index contributed by atoms with van der Waals surface area (Å²) in [5, 5.41) is 9.87. The smallest absolute Gasteiger partial charge is 0.311 e. The topological polar surface area (TPSA) is 57.6 Å². The van der Waals surface area contributed by atoms with Crippen LogP contribution in [-0.4, -0.2) is 28.4 Å². The predicted octanol–water partition coefficient (Wildman–Crippen LogP) is 3.46. The molecule has 124 valence electrons. The number of hydrogen-bond acceptors (Lipinski definition) is 2. The average Bonchev–Trinajstić information content (AvgIpc) is 2.92. The highest BCUT2D eigenvalue weighted by molar-refractivity contribution is 5.83. The van der Waals surface area contributed by atoms with Gasteiger partial charge < -0.3 is 10.0 Å². The quantitative estimate of drug-likeness (QED) is 0.916. The molecule has 1 aliphatic heterocycles. The minimum Gasteiger partial charge on any atom is -0.481 e. The van der Waals surface area contributed by atoms with Crippen LogP contribution in [0.25, 0.3) is 0 Å².